The van der Waals surface area contributed by atoms with Gasteiger partial charge >= 0.3 is 5.97 Å². The van der Waals surface area contributed by atoms with Gasteiger partial charge in [0.25, 0.3) is 35.3 Å². The second-order valence-electron chi connectivity index (χ2n) is 12.3. The number of pyridine rings is 1. The summed E-state index contributed by atoms with van der Waals surface area (Å²) < 4.78 is 1.31. The summed E-state index contributed by atoms with van der Waals surface area (Å²) in [5.74, 6) is -6.23. The Kier molecular flexibility index (Phi) is 10.7. The number of hydrogen-bond acceptors (Lipinski definition) is 18. The molecule has 2 aliphatic heterocycles. The molecule has 4 aromatic rings. The van der Waals surface area contributed by atoms with Crippen LogP contribution in [0.2, 0.25) is 0 Å². The molecule has 1 fully saturated rings. The lowest BCUT2D eigenvalue weighted by molar-refractivity contribution is -0.150. The fourth-order valence-electron chi connectivity index (χ4n) is 5.05. The molecule has 0 unspecified atom stereocenters. The first-order chi connectivity index (χ1) is 26.4. The number of carboxylic acid groups (broad SMARTS) is 1. The van der Waals surface area contributed by atoms with E-state index in [2.05, 4.69) is 46.4 Å². The summed E-state index contributed by atoms with van der Waals surface area (Å²) in [7, 11) is 0. The van der Waals surface area contributed by atoms with E-state index < -0.39 is 69.4 Å². The molecule has 56 heavy (non-hydrogen) atoms. The molecule has 6 heterocycles. The van der Waals surface area contributed by atoms with Crippen LogP contribution in [0.4, 0.5) is 5.13 Å². The number of β-lactam (4-membered cyclic amide) rings is 1. The third kappa shape index (κ3) is 7.82. The maximum atomic E-state index is 13.6. The number of nitrogens with zero attached hydrogens (tertiary/aromatic N) is 7. The highest BCUT2D eigenvalue weighted by atomic mass is 32.2. The van der Waals surface area contributed by atoms with Gasteiger partial charge in [-0.3, -0.25) is 44.5 Å². The van der Waals surface area contributed by atoms with Crippen LogP contribution in [0, 0.1) is 6.92 Å². The second kappa shape index (κ2) is 15.3. The molecule has 1 saturated heterocycles. The van der Waals surface area contributed by atoms with Gasteiger partial charge in [0.05, 0.1) is 0 Å². The van der Waals surface area contributed by atoms with Crippen molar-refractivity contribution in [1.82, 2.24) is 50.6 Å². The molecule has 0 bridgehead atoms. The Hall–Kier alpha value is -6.54. The lowest BCUT2D eigenvalue weighted by Gasteiger charge is -2.49. The van der Waals surface area contributed by atoms with Crippen LogP contribution in [0.15, 0.2) is 50.0 Å². The minimum Gasteiger partial charge on any atom is -0.503 e. The van der Waals surface area contributed by atoms with E-state index >= 15 is 0 Å². The number of aryl methyl sites for hydroxylation is 1. The molecule has 0 saturated carbocycles. The molecule has 0 radical (unpaired) electrons. The average Bonchev–Trinajstić information content (AvgIpc) is 3.78. The van der Waals surface area contributed by atoms with Gasteiger partial charge in [0.15, 0.2) is 16.6 Å². The molecule has 2 aliphatic rings. The van der Waals surface area contributed by atoms with Gasteiger partial charge in [-0.2, -0.15) is 9.50 Å². The van der Waals surface area contributed by atoms with E-state index in [9.17, 15) is 43.8 Å². The molecule has 5 amide bonds. The summed E-state index contributed by atoms with van der Waals surface area (Å²) in [4.78, 5) is 109. The van der Waals surface area contributed by atoms with Crippen LogP contribution in [0.25, 0.3) is 5.78 Å². The van der Waals surface area contributed by atoms with Gasteiger partial charge in [-0.05, 0) is 32.4 Å². The lowest BCUT2D eigenvalue weighted by atomic mass is 10.0. The smallest absolute Gasteiger partial charge is 0.352 e. The number of anilines is 1. The summed E-state index contributed by atoms with van der Waals surface area (Å²) in [5, 5.41) is 31.2. The van der Waals surface area contributed by atoms with E-state index in [1.807, 2.05) is 0 Å². The third-order valence-electron chi connectivity index (χ3n) is 7.88. The monoisotopic (exact) mass is 827 g/mol. The Morgan fingerprint density at radius 2 is 1.91 bits per heavy atom. The van der Waals surface area contributed by atoms with Crippen LogP contribution in [0.5, 0.6) is 5.75 Å². The van der Waals surface area contributed by atoms with Crippen LogP contribution in [0.1, 0.15) is 46.3 Å². The van der Waals surface area contributed by atoms with E-state index in [1.54, 1.807) is 13.0 Å². The maximum absolute atomic E-state index is 13.6. The van der Waals surface area contributed by atoms with Crippen molar-refractivity contribution < 1.29 is 43.8 Å². The number of hydrogen-bond donors (Lipinski definition) is 8. The SMILES string of the molecule is Cc1cc(SCC2=C(C(=O)O)N3C(=O)[C@@H](NC(=O)/C(=N\OC(C)(C)C(=O)NNC(=O)c4cc(=O)c(O)c[nH]4)c4csc(N)n4)[C@H]3SC2)n2nc(C(N)=O)nc2n1. The summed E-state index contributed by atoms with van der Waals surface area (Å²) in [5.41, 5.74) is 12.5. The zero-order chi connectivity index (χ0) is 40.6. The number of rotatable bonds is 12. The normalized spacial score (nSPS) is 16.9. The van der Waals surface area contributed by atoms with Gasteiger partial charge in [0, 0.05) is 34.8 Å². The highest BCUT2D eigenvalue weighted by Gasteiger charge is 2.54. The molecular formula is C30H29N13O10S3. The summed E-state index contributed by atoms with van der Waals surface area (Å²) in [6, 6.07) is 1.29. The largest absolute Gasteiger partial charge is 0.503 e. The van der Waals surface area contributed by atoms with Crippen LogP contribution >= 0.6 is 34.9 Å². The number of carboxylic acids is 1. The molecule has 4 aromatic heterocycles. The van der Waals surface area contributed by atoms with Crippen LogP contribution in [0.3, 0.4) is 0 Å². The molecule has 2 atom stereocenters. The number of thiazole rings is 1. The number of nitrogens with one attached hydrogen (secondary N) is 4. The van der Waals surface area contributed by atoms with Crippen molar-refractivity contribution in [1.29, 1.82) is 0 Å². The van der Waals surface area contributed by atoms with Crippen LogP contribution in [-0.2, 0) is 24.0 Å². The van der Waals surface area contributed by atoms with Crippen molar-refractivity contribution in [3.05, 3.63) is 68.1 Å². The molecule has 10 N–H and O–H groups in total. The number of thioether (sulfide) groups is 2. The summed E-state index contributed by atoms with van der Waals surface area (Å²) in [6.07, 6.45) is 0.895. The number of amides is 5. The van der Waals surface area contributed by atoms with Gasteiger partial charge < -0.3 is 36.8 Å². The van der Waals surface area contributed by atoms with Crippen molar-refractivity contribution in [2.45, 2.75) is 42.8 Å². The van der Waals surface area contributed by atoms with Gasteiger partial charge in [-0.25, -0.2) is 14.8 Å². The van der Waals surface area contributed by atoms with Gasteiger partial charge in [-0.15, -0.1) is 40.0 Å². The first kappa shape index (κ1) is 39.2. The fourth-order valence-corrected chi connectivity index (χ4v) is 8.14. The molecule has 0 aliphatic carbocycles. The molecule has 0 spiro atoms. The predicted octanol–water partition coefficient (Wildman–Crippen LogP) is -1.54. The molecule has 0 aromatic carbocycles. The number of hydrazine groups is 1. The number of nitrogen functional groups attached to an aromatic ring is 1. The number of aromatic hydroxyl groups is 1. The van der Waals surface area contributed by atoms with E-state index in [1.165, 1.54) is 47.3 Å². The Morgan fingerprint density at radius 1 is 1.16 bits per heavy atom. The topological polar surface area (TPSA) is 345 Å². The van der Waals surface area contributed by atoms with Crippen molar-refractivity contribution in [3.63, 3.8) is 0 Å². The van der Waals surface area contributed by atoms with E-state index in [-0.39, 0.29) is 45.3 Å². The molecule has 26 heteroatoms. The minimum absolute atomic E-state index is 0.0580. The van der Waals surface area contributed by atoms with Gasteiger partial charge in [0.1, 0.15) is 33.5 Å². The second-order valence-corrected chi connectivity index (χ2v) is 15.3. The maximum Gasteiger partial charge on any atom is 0.352 e. The number of nitrogens with two attached hydrogens (primary N) is 2. The quantitative estimate of drug-likeness (QED) is 0.0264. The standard InChI is InChI=1S/C30H29N13O10S3/c1-10-4-16(43-29(34-10)37-21(40-43)20(31)46)54-7-11-8-55-25-18(24(49)42(25)19(11)26(50)51)36-23(48)17(13-9-56-28(32)35-13)41-53-30(2,3)27(52)39-38-22(47)12-5-14(44)15(45)6-33-12/h4-6,9,18,25,45H,7-8H2,1-3H3,(H2,31,46)(H2,32,35)(H,33,44)(H,36,48)(H,38,47)(H,39,52)(H,50,51)/b41-17-/t18-,25-/m1/s1. The molecule has 23 nitrogen and oxygen atoms in total. The number of carbonyl (C=O) groups is 6. The molecule has 292 valence electrons. The highest BCUT2D eigenvalue weighted by molar-refractivity contribution is 8.01. The van der Waals surface area contributed by atoms with Crippen LogP contribution < -0.4 is 33.1 Å². The van der Waals surface area contributed by atoms with E-state index in [4.69, 9.17) is 16.3 Å². The van der Waals surface area contributed by atoms with Crippen molar-refractivity contribution in [2.24, 2.45) is 10.9 Å². The Balaban J connectivity index is 1.15. The number of carbonyl (C=O) groups excluding carboxylic acids is 5. The van der Waals surface area contributed by atoms with E-state index in [0.29, 0.717) is 16.3 Å². The van der Waals surface area contributed by atoms with Gasteiger partial charge in [0.2, 0.25) is 16.9 Å². The first-order valence-corrected chi connectivity index (χ1v) is 18.7. The highest BCUT2D eigenvalue weighted by Crippen LogP contribution is 2.41. The van der Waals surface area contributed by atoms with E-state index in [0.717, 1.165) is 28.5 Å². The predicted molar refractivity (Wildman–Crippen MR) is 197 cm³/mol. The first-order valence-electron chi connectivity index (χ1n) is 15.8. The minimum atomic E-state index is -1.85. The number of aromatic nitrogens is 6. The summed E-state index contributed by atoms with van der Waals surface area (Å²) >= 11 is 3.36. The van der Waals surface area contributed by atoms with Crippen LogP contribution in [-0.4, -0.2) is 114 Å². The Labute approximate surface area is 325 Å². The third-order valence-corrected chi connectivity index (χ3v) is 11.0. The number of primary amides is 1. The van der Waals surface area contributed by atoms with Crippen molar-refractivity contribution in [3.8, 4) is 5.75 Å². The Bertz CT molecular complexity index is 2460. The Morgan fingerprint density at radius 3 is 2.57 bits per heavy atom. The number of oxime groups is 1. The van der Waals surface area contributed by atoms with Crippen molar-refractivity contribution >= 4 is 87.0 Å². The number of H-pyrrole nitrogens is 1. The molecular weight excluding hydrogens is 799 g/mol. The average molecular weight is 828 g/mol. The zero-order valence-electron chi connectivity index (χ0n) is 29.0. The summed E-state index contributed by atoms with van der Waals surface area (Å²) in [6.45, 7) is 4.22. The fraction of sp³-hybridized carbons (Fsp3) is 0.267. The number of aromatic amines is 1. The van der Waals surface area contributed by atoms with Crippen molar-refractivity contribution in [2.75, 3.05) is 17.2 Å². The molecule has 6 rings (SSSR count). The zero-order valence-corrected chi connectivity index (χ0v) is 31.5. The lowest BCUT2D eigenvalue weighted by Crippen LogP contribution is -2.71. The number of fused-ring (bicyclic) bond motifs is 2. The number of aliphatic carboxylic acids is 1. The van der Waals surface area contributed by atoms with Gasteiger partial charge in [-0.1, -0.05) is 5.16 Å².